The van der Waals surface area contributed by atoms with Crippen LogP contribution in [0.25, 0.3) is 0 Å². The molecule has 0 bridgehead atoms. The van der Waals surface area contributed by atoms with Gasteiger partial charge < -0.3 is 10.4 Å². The van der Waals surface area contributed by atoms with E-state index < -0.39 is 27.6 Å². The van der Waals surface area contributed by atoms with Crippen molar-refractivity contribution >= 4 is 27.4 Å². The van der Waals surface area contributed by atoms with Crippen LogP contribution in [0.2, 0.25) is 0 Å². The predicted octanol–water partition coefficient (Wildman–Crippen LogP) is 2.91. The monoisotopic (exact) mass is 375 g/mol. The Bertz CT molecular complexity index is 933. The van der Waals surface area contributed by atoms with Gasteiger partial charge in [-0.3, -0.25) is 9.59 Å². The standard InChI is InChI=1S/C19H21NO5S/c1-12-4-7-15(11-17(12)26(3,24)25)18(21)20-16-8-5-14(6-9-16)10-13(2)19(22)23/h4-9,11,13H,10H2,1-3H3,(H,20,21)(H,22,23). The molecule has 26 heavy (non-hydrogen) atoms. The molecule has 0 aliphatic rings. The van der Waals surface area contributed by atoms with Crippen LogP contribution in [0.15, 0.2) is 47.4 Å². The van der Waals surface area contributed by atoms with Gasteiger partial charge in [0, 0.05) is 17.5 Å². The third kappa shape index (κ3) is 4.92. The van der Waals surface area contributed by atoms with E-state index in [1.807, 2.05) is 0 Å². The van der Waals surface area contributed by atoms with Crippen LogP contribution in [0.4, 0.5) is 5.69 Å². The fraction of sp³-hybridized carbons (Fsp3) is 0.263. The largest absolute Gasteiger partial charge is 0.481 e. The number of carboxylic acids is 1. The Morgan fingerprint density at radius 3 is 2.27 bits per heavy atom. The number of hydrogen-bond donors (Lipinski definition) is 2. The average Bonchev–Trinajstić information content (AvgIpc) is 2.55. The van der Waals surface area contributed by atoms with Gasteiger partial charge in [-0.05, 0) is 48.7 Å². The quantitative estimate of drug-likeness (QED) is 0.808. The first-order valence-electron chi connectivity index (χ1n) is 8.01. The van der Waals surface area contributed by atoms with E-state index >= 15 is 0 Å². The molecule has 0 fully saturated rings. The molecule has 1 atom stereocenters. The highest BCUT2D eigenvalue weighted by Crippen LogP contribution is 2.19. The third-order valence-corrected chi connectivity index (χ3v) is 5.26. The summed E-state index contributed by atoms with van der Waals surface area (Å²) in [4.78, 5) is 23.4. The topological polar surface area (TPSA) is 101 Å². The number of sulfone groups is 1. The highest BCUT2D eigenvalue weighted by atomic mass is 32.2. The number of aryl methyl sites for hydroxylation is 1. The fourth-order valence-electron chi connectivity index (χ4n) is 2.51. The van der Waals surface area contributed by atoms with Crippen LogP contribution >= 0.6 is 0 Å². The van der Waals surface area contributed by atoms with Crippen LogP contribution in [0.5, 0.6) is 0 Å². The van der Waals surface area contributed by atoms with Gasteiger partial charge in [0.1, 0.15) is 0 Å². The first-order valence-corrected chi connectivity index (χ1v) is 9.91. The Morgan fingerprint density at radius 1 is 1.12 bits per heavy atom. The highest BCUT2D eigenvalue weighted by molar-refractivity contribution is 7.90. The minimum atomic E-state index is -3.41. The lowest BCUT2D eigenvalue weighted by Gasteiger charge is -2.10. The molecule has 1 amide bonds. The molecular weight excluding hydrogens is 354 g/mol. The van der Waals surface area contributed by atoms with Crippen molar-refractivity contribution in [2.45, 2.75) is 25.2 Å². The number of benzene rings is 2. The Balaban J connectivity index is 2.14. The SMILES string of the molecule is Cc1ccc(C(=O)Nc2ccc(CC(C)C(=O)O)cc2)cc1S(C)(=O)=O. The fourth-order valence-corrected chi connectivity index (χ4v) is 3.50. The number of nitrogens with one attached hydrogen (secondary N) is 1. The molecule has 2 N–H and O–H groups in total. The second-order valence-electron chi connectivity index (χ2n) is 6.35. The molecule has 2 rings (SSSR count). The number of carbonyl (C=O) groups is 2. The summed E-state index contributed by atoms with van der Waals surface area (Å²) in [7, 11) is -3.41. The molecule has 0 heterocycles. The Labute approximate surface area is 152 Å². The van der Waals surface area contributed by atoms with Crippen molar-refractivity contribution in [2.75, 3.05) is 11.6 Å². The number of rotatable bonds is 6. The molecule has 138 valence electrons. The van der Waals surface area contributed by atoms with Crippen LogP contribution in [0.3, 0.4) is 0 Å². The lowest BCUT2D eigenvalue weighted by Crippen LogP contribution is -2.14. The molecule has 0 aliphatic carbocycles. The summed E-state index contributed by atoms with van der Waals surface area (Å²) in [6.07, 6.45) is 1.51. The second-order valence-corrected chi connectivity index (χ2v) is 8.33. The van der Waals surface area contributed by atoms with Crippen molar-refractivity contribution in [1.82, 2.24) is 0 Å². The summed E-state index contributed by atoms with van der Waals surface area (Å²) in [5, 5.41) is 11.7. The van der Waals surface area contributed by atoms with Gasteiger partial charge in [0.15, 0.2) is 9.84 Å². The molecule has 0 spiro atoms. The van der Waals surface area contributed by atoms with E-state index in [4.69, 9.17) is 5.11 Å². The van der Waals surface area contributed by atoms with E-state index in [1.165, 1.54) is 6.07 Å². The highest BCUT2D eigenvalue weighted by Gasteiger charge is 2.15. The molecule has 2 aromatic rings. The maximum Gasteiger partial charge on any atom is 0.306 e. The molecule has 6 nitrogen and oxygen atoms in total. The van der Waals surface area contributed by atoms with Gasteiger partial charge in [0.05, 0.1) is 10.8 Å². The number of carboxylic acid groups (broad SMARTS) is 1. The van der Waals surface area contributed by atoms with E-state index in [1.54, 1.807) is 50.2 Å². The Kier molecular flexibility index (Phi) is 5.82. The molecular formula is C19H21NO5S. The smallest absolute Gasteiger partial charge is 0.306 e. The van der Waals surface area contributed by atoms with Gasteiger partial charge in [-0.2, -0.15) is 0 Å². The van der Waals surface area contributed by atoms with Gasteiger partial charge in [0.25, 0.3) is 5.91 Å². The first kappa shape index (κ1) is 19.7. The lowest BCUT2D eigenvalue weighted by molar-refractivity contribution is -0.141. The number of hydrogen-bond acceptors (Lipinski definition) is 4. The molecule has 0 saturated heterocycles. The van der Waals surface area contributed by atoms with Crippen molar-refractivity contribution in [2.24, 2.45) is 5.92 Å². The first-order chi connectivity index (χ1) is 12.1. The van der Waals surface area contributed by atoms with Gasteiger partial charge in [-0.25, -0.2) is 8.42 Å². The minimum Gasteiger partial charge on any atom is -0.481 e. The summed E-state index contributed by atoms with van der Waals surface area (Å²) in [6.45, 7) is 3.31. The van der Waals surface area contributed by atoms with Crippen molar-refractivity contribution < 1.29 is 23.1 Å². The van der Waals surface area contributed by atoms with E-state index in [-0.39, 0.29) is 10.5 Å². The zero-order chi connectivity index (χ0) is 19.5. The van der Waals surface area contributed by atoms with Crippen LogP contribution in [-0.2, 0) is 21.1 Å². The molecule has 7 heteroatoms. The average molecular weight is 375 g/mol. The van der Waals surface area contributed by atoms with Crippen molar-refractivity contribution in [1.29, 1.82) is 0 Å². The van der Waals surface area contributed by atoms with Gasteiger partial charge >= 0.3 is 5.97 Å². The summed E-state index contributed by atoms with van der Waals surface area (Å²) < 4.78 is 23.6. The van der Waals surface area contributed by atoms with Crippen molar-refractivity contribution in [3.63, 3.8) is 0 Å². The van der Waals surface area contributed by atoms with Crippen LogP contribution < -0.4 is 5.32 Å². The molecule has 0 aliphatic heterocycles. The predicted molar refractivity (Wildman–Crippen MR) is 99.2 cm³/mol. The Morgan fingerprint density at radius 2 is 1.73 bits per heavy atom. The van der Waals surface area contributed by atoms with E-state index in [0.29, 0.717) is 17.7 Å². The zero-order valence-corrected chi connectivity index (χ0v) is 15.6. The van der Waals surface area contributed by atoms with E-state index in [0.717, 1.165) is 11.8 Å². The molecule has 0 aromatic heterocycles. The summed E-state index contributed by atoms with van der Waals surface area (Å²) in [5.74, 6) is -1.76. The second kappa shape index (κ2) is 7.70. The number of amides is 1. The van der Waals surface area contributed by atoms with Gasteiger partial charge in [-0.15, -0.1) is 0 Å². The maximum atomic E-state index is 12.4. The van der Waals surface area contributed by atoms with Crippen LogP contribution in [-0.4, -0.2) is 31.7 Å². The maximum absolute atomic E-state index is 12.4. The van der Waals surface area contributed by atoms with Gasteiger partial charge in [-0.1, -0.05) is 25.1 Å². The van der Waals surface area contributed by atoms with Crippen LogP contribution in [0, 0.1) is 12.8 Å². The molecule has 2 aromatic carbocycles. The summed E-state index contributed by atoms with van der Waals surface area (Å²) >= 11 is 0. The Hall–Kier alpha value is -2.67. The van der Waals surface area contributed by atoms with Gasteiger partial charge in [0.2, 0.25) is 0 Å². The lowest BCUT2D eigenvalue weighted by atomic mass is 10.0. The number of anilines is 1. The number of carbonyl (C=O) groups excluding carboxylic acids is 1. The normalized spacial score (nSPS) is 12.4. The summed E-state index contributed by atoms with van der Waals surface area (Å²) in [5.41, 5.74) is 2.23. The molecule has 1 unspecified atom stereocenters. The van der Waals surface area contributed by atoms with E-state index in [2.05, 4.69) is 5.32 Å². The number of aliphatic carboxylic acids is 1. The van der Waals surface area contributed by atoms with Crippen molar-refractivity contribution in [3.05, 3.63) is 59.2 Å². The minimum absolute atomic E-state index is 0.128. The van der Waals surface area contributed by atoms with Crippen molar-refractivity contribution in [3.8, 4) is 0 Å². The summed E-state index contributed by atoms with van der Waals surface area (Å²) in [6, 6.07) is 11.4. The van der Waals surface area contributed by atoms with Crippen LogP contribution in [0.1, 0.15) is 28.4 Å². The molecule has 0 radical (unpaired) electrons. The molecule has 0 saturated carbocycles. The zero-order valence-electron chi connectivity index (χ0n) is 14.8. The van der Waals surface area contributed by atoms with E-state index in [9.17, 15) is 18.0 Å². The third-order valence-electron chi connectivity index (χ3n) is 4.03.